The highest BCUT2D eigenvalue weighted by Gasteiger charge is 2.07. The van der Waals surface area contributed by atoms with Crippen molar-refractivity contribution < 1.29 is 9.47 Å². The first-order chi connectivity index (χ1) is 16.5. The molecule has 0 bridgehead atoms. The van der Waals surface area contributed by atoms with Gasteiger partial charge in [-0.15, -0.1) is 0 Å². The maximum Gasteiger partial charge on any atom is 0.289 e. The summed E-state index contributed by atoms with van der Waals surface area (Å²) in [6.45, 7) is 8.98. The Morgan fingerprint density at radius 1 is 0.588 bits per heavy atom. The number of aliphatic imine (C=N–C) groups is 2. The Labute approximate surface area is 202 Å². The van der Waals surface area contributed by atoms with Gasteiger partial charge in [0.05, 0.1) is 0 Å². The summed E-state index contributed by atoms with van der Waals surface area (Å²) in [4.78, 5) is 9.14. The van der Waals surface area contributed by atoms with Crippen LogP contribution in [0.1, 0.15) is 38.8 Å². The fourth-order valence-electron chi connectivity index (χ4n) is 3.02. The van der Waals surface area contributed by atoms with Gasteiger partial charge in [-0.2, -0.15) is 0 Å². The fraction of sp³-hybridized carbons (Fsp3) is 0.286. The molecular formula is C28H34N4O2. The van der Waals surface area contributed by atoms with Gasteiger partial charge in [0.2, 0.25) is 0 Å². The molecule has 0 radical (unpaired) electrons. The molecule has 0 aromatic heterocycles. The minimum atomic E-state index is 0.107. The van der Waals surface area contributed by atoms with Gasteiger partial charge in [0.15, 0.2) is 0 Å². The monoisotopic (exact) mass is 458 g/mol. The molecule has 0 atom stereocenters. The van der Waals surface area contributed by atoms with Crippen LogP contribution in [0.25, 0.3) is 0 Å². The zero-order valence-corrected chi connectivity index (χ0v) is 20.4. The minimum Gasteiger partial charge on any atom is -0.460 e. The Balaban J connectivity index is 1.61. The van der Waals surface area contributed by atoms with E-state index in [0.29, 0.717) is 25.3 Å². The van der Waals surface area contributed by atoms with Gasteiger partial charge in [-0.1, -0.05) is 60.7 Å². The molecule has 0 amide bonds. The summed E-state index contributed by atoms with van der Waals surface area (Å²) in [5.74, 6) is 0. The van der Waals surface area contributed by atoms with Crippen LogP contribution in [0.5, 0.6) is 0 Å². The molecule has 0 saturated heterocycles. The van der Waals surface area contributed by atoms with E-state index in [4.69, 9.17) is 9.47 Å². The second kappa shape index (κ2) is 13.0. The third-order valence-corrected chi connectivity index (χ3v) is 4.58. The second-order valence-corrected chi connectivity index (χ2v) is 8.43. The molecule has 3 aromatic rings. The van der Waals surface area contributed by atoms with Crippen LogP contribution in [0, 0.1) is 0 Å². The number of hydrogen-bond donors (Lipinski definition) is 2. The van der Waals surface area contributed by atoms with Gasteiger partial charge in [-0.05, 0) is 63.1 Å². The molecule has 3 rings (SSSR count). The predicted molar refractivity (Wildman–Crippen MR) is 141 cm³/mol. The summed E-state index contributed by atoms with van der Waals surface area (Å²) in [5.41, 5.74) is 3.94. The first-order valence-corrected chi connectivity index (χ1v) is 11.6. The average Bonchev–Trinajstić information content (AvgIpc) is 2.83. The van der Waals surface area contributed by atoms with Gasteiger partial charge < -0.3 is 20.1 Å². The molecule has 0 aliphatic heterocycles. The molecule has 178 valence electrons. The zero-order valence-electron chi connectivity index (χ0n) is 20.4. The lowest BCUT2D eigenvalue weighted by molar-refractivity contribution is 0.289. The first-order valence-electron chi connectivity index (χ1n) is 11.6. The zero-order chi connectivity index (χ0) is 24.2. The molecule has 6 heteroatoms. The average molecular weight is 459 g/mol. The van der Waals surface area contributed by atoms with E-state index in [1.165, 1.54) is 0 Å². The van der Waals surface area contributed by atoms with Crippen LogP contribution in [0.4, 0.5) is 11.4 Å². The minimum absolute atomic E-state index is 0.107. The summed E-state index contributed by atoms with van der Waals surface area (Å²) in [6.07, 6.45) is 0. The van der Waals surface area contributed by atoms with Crippen molar-refractivity contribution in [1.29, 1.82) is 0 Å². The number of ether oxygens (including phenoxy) is 2. The Bertz CT molecular complexity index is 960. The molecule has 6 nitrogen and oxygen atoms in total. The van der Waals surface area contributed by atoms with Gasteiger partial charge in [0.25, 0.3) is 12.0 Å². The molecule has 0 saturated carbocycles. The van der Waals surface area contributed by atoms with E-state index >= 15 is 0 Å². The van der Waals surface area contributed by atoms with E-state index in [-0.39, 0.29) is 12.1 Å². The smallest absolute Gasteiger partial charge is 0.289 e. The van der Waals surface area contributed by atoms with Crippen LogP contribution in [0.15, 0.2) is 94.9 Å². The van der Waals surface area contributed by atoms with Gasteiger partial charge in [-0.25, -0.2) is 9.98 Å². The lowest BCUT2D eigenvalue weighted by Gasteiger charge is -2.15. The molecule has 0 fully saturated rings. The quantitative estimate of drug-likeness (QED) is 0.300. The molecule has 0 spiro atoms. The SMILES string of the molecule is CC(C)N=C(Nc1ccc(NC(=NC(C)C)OCc2ccccc2)cc1)OCc1ccccc1. The number of nitrogens with one attached hydrogen (secondary N) is 2. The third kappa shape index (κ3) is 8.98. The Hall–Kier alpha value is -3.80. The van der Waals surface area contributed by atoms with Gasteiger partial charge in [-0.3, -0.25) is 0 Å². The lowest BCUT2D eigenvalue weighted by Crippen LogP contribution is -2.19. The maximum atomic E-state index is 5.94. The first kappa shape index (κ1) is 24.8. The fourth-order valence-corrected chi connectivity index (χ4v) is 3.02. The molecule has 0 aliphatic carbocycles. The highest BCUT2D eigenvalue weighted by Crippen LogP contribution is 2.15. The largest absolute Gasteiger partial charge is 0.460 e. The number of hydrogen-bond acceptors (Lipinski definition) is 4. The van der Waals surface area contributed by atoms with E-state index in [0.717, 1.165) is 22.5 Å². The molecule has 3 aromatic carbocycles. The van der Waals surface area contributed by atoms with Gasteiger partial charge >= 0.3 is 0 Å². The van der Waals surface area contributed by atoms with E-state index in [9.17, 15) is 0 Å². The van der Waals surface area contributed by atoms with E-state index in [1.54, 1.807) is 0 Å². The van der Waals surface area contributed by atoms with Crippen molar-refractivity contribution in [2.24, 2.45) is 9.98 Å². The van der Waals surface area contributed by atoms with Crippen molar-refractivity contribution in [1.82, 2.24) is 0 Å². The Kier molecular flexibility index (Phi) is 9.52. The number of nitrogens with zero attached hydrogens (tertiary/aromatic N) is 2. The second-order valence-electron chi connectivity index (χ2n) is 8.43. The molecule has 0 heterocycles. The van der Waals surface area contributed by atoms with Crippen molar-refractivity contribution >= 4 is 23.4 Å². The summed E-state index contributed by atoms with van der Waals surface area (Å²) in [6, 6.07) is 29.2. The molecule has 0 aliphatic rings. The van der Waals surface area contributed by atoms with Crippen LogP contribution >= 0.6 is 0 Å². The predicted octanol–water partition coefficient (Wildman–Crippen LogP) is 6.47. The summed E-state index contributed by atoms with van der Waals surface area (Å²) in [5, 5.41) is 6.56. The van der Waals surface area contributed by atoms with Crippen LogP contribution in [0.3, 0.4) is 0 Å². The molecule has 2 N–H and O–H groups in total. The third-order valence-electron chi connectivity index (χ3n) is 4.58. The normalized spacial score (nSPS) is 12.1. The standard InChI is InChI=1S/C28H34N4O2/c1-21(2)29-27(33-19-23-11-7-5-8-12-23)31-25-15-17-26(18-16-25)32-28(30-22(3)4)34-20-24-13-9-6-10-14-24/h5-18,21-22H,19-20H2,1-4H3,(H,29,31)(H,30,32). The topological polar surface area (TPSA) is 67.2 Å². The van der Waals surface area contributed by atoms with Crippen molar-refractivity contribution in [2.75, 3.05) is 10.6 Å². The molecule has 0 unspecified atom stereocenters. The highest BCUT2D eigenvalue weighted by atomic mass is 16.5. The van der Waals surface area contributed by atoms with E-state index in [1.807, 2.05) is 113 Å². The Morgan fingerprint density at radius 2 is 0.941 bits per heavy atom. The Morgan fingerprint density at radius 3 is 1.26 bits per heavy atom. The van der Waals surface area contributed by atoms with Crippen molar-refractivity contribution in [3.8, 4) is 0 Å². The molecular weight excluding hydrogens is 424 g/mol. The number of anilines is 2. The lowest BCUT2D eigenvalue weighted by atomic mass is 10.2. The van der Waals surface area contributed by atoms with Gasteiger partial charge in [0.1, 0.15) is 13.2 Å². The van der Waals surface area contributed by atoms with Gasteiger partial charge in [0, 0.05) is 23.5 Å². The summed E-state index contributed by atoms with van der Waals surface area (Å²) < 4.78 is 11.9. The van der Waals surface area contributed by atoms with E-state index in [2.05, 4.69) is 20.6 Å². The van der Waals surface area contributed by atoms with E-state index < -0.39 is 0 Å². The maximum absolute atomic E-state index is 5.94. The number of benzene rings is 3. The summed E-state index contributed by atoms with van der Waals surface area (Å²) in [7, 11) is 0. The van der Waals surface area contributed by atoms with Crippen molar-refractivity contribution in [3.05, 3.63) is 96.1 Å². The van der Waals surface area contributed by atoms with Crippen LogP contribution in [-0.2, 0) is 22.7 Å². The van der Waals surface area contributed by atoms with Crippen LogP contribution < -0.4 is 10.6 Å². The highest BCUT2D eigenvalue weighted by molar-refractivity contribution is 5.91. The molecule has 34 heavy (non-hydrogen) atoms. The van der Waals surface area contributed by atoms with Crippen LogP contribution in [0.2, 0.25) is 0 Å². The van der Waals surface area contributed by atoms with Crippen LogP contribution in [-0.4, -0.2) is 24.1 Å². The number of rotatable bonds is 8. The summed E-state index contributed by atoms with van der Waals surface area (Å²) >= 11 is 0. The van der Waals surface area contributed by atoms with Crippen molar-refractivity contribution in [3.63, 3.8) is 0 Å². The van der Waals surface area contributed by atoms with Crippen molar-refractivity contribution in [2.45, 2.75) is 53.0 Å². The number of amidine groups is 2.